The summed E-state index contributed by atoms with van der Waals surface area (Å²) in [5.74, 6) is -2.87. The van der Waals surface area contributed by atoms with Gasteiger partial charge in [0.2, 0.25) is 0 Å². The van der Waals surface area contributed by atoms with E-state index in [9.17, 15) is 20.1 Å². The summed E-state index contributed by atoms with van der Waals surface area (Å²) in [5, 5.41) is 46.7. The third-order valence-electron chi connectivity index (χ3n) is 2.21. The minimum absolute atomic E-state index is 0.660. The summed E-state index contributed by atoms with van der Waals surface area (Å²) in [5.41, 5.74) is 0. The lowest BCUT2D eigenvalue weighted by molar-refractivity contribution is -0.343. The van der Waals surface area contributed by atoms with Gasteiger partial charge in [0, 0.05) is 5.92 Å². The topological polar surface area (TPSA) is 130 Å². The van der Waals surface area contributed by atoms with E-state index in [2.05, 4.69) is 4.74 Å². The molecule has 1 saturated heterocycles. The number of rotatable bonds is 2. The van der Waals surface area contributed by atoms with Gasteiger partial charge in [0.1, 0.15) is 12.2 Å². The average Bonchev–Trinajstić information content (AvgIpc) is 2.12. The molecule has 0 aromatic carbocycles. The van der Waals surface area contributed by atoms with Crippen LogP contribution >= 0.6 is 0 Å². The van der Waals surface area contributed by atoms with E-state index in [0.717, 1.165) is 0 Å². The fourth-order valence-electron chi connectivity index (χ4n) is 1.36. The third kappa shape index (κ3) is 1.86. The van der Waals surface area contributed by atoms with Crippen molar-refractivity contribution in [2.75, 3.05) is 6.61 Å². The lowest BCUT2D eigenvalue weighted by Gasteiger charge is -2.40. The third-order valence-corrected chi connectivity index (χ3v) is 2.21. The summed E-state index contributed by atoms with van der Waals surface area (Å²) in [6.07, 6.45) is -6.63. The van der Waals surface area contributed by atoms with Crippen molar-refractivity contribution in [3.05, 3.63) is 0 Å². The number of aliphatic hydroxyl groups excluding tert-OH is 4. The number of hydrogen-bond donors (Lipinski definition) is 4. The summed E-state index contributed by atoms with van der Waals surface area (Å²) in [6, 6.07) is 0. The number of carbonyl (C=O) groups is 1. The molecule has 14 heavy (non-hydrogen) atoms. The first-order valence-electron chi connectivity index (χ1n) is 4.00. The molecular formula is C7H11O7-. The van der Waals surface area contributed by atoms with Crippen molar-refractivity contribution in [1.29, 1.82) is 0 Å². The van der Waals surface area contributed by atoms with Crippen LogP contribution in [0.3, 0.4) is 0 Å². The summed E-state index contributed by atoms with van der Waals surface area (Å²) in [6.45, 7) is -0.660. The highest BCUT2D eigenvalue weighted by Crippen LogP contribution is 2.24. The second kappa shape index (κ2) is 4.20. The lowest BCUT2D eigenvalue weighted by atomic mass is 9.89. The number of ether oxygens (including phenoxy) is 1. The molecule has 4 N–H and O–H groups in total. The van der Waals surface area contributed by atoms with Gasteiger partial charge >= 0.3 is 0 Å². The van der Waals surface area contributed by atoms with Crippen LogP contribution in [0.1, 0.15) is 0 Å². The van der Waals surface area contributed by atoms with Crippen molar-refractivity contribution < 1.29 is 35.1 Å². The molecule has 7 nitrogen and oxygen atoms in total. The maximum atomic E-state index is 10.4. The molecule has 1 heterocycles. The van der Waals surface area contributed by atoms with Gasteiger partial charge in [0.25, 0.3) is 0 Å². The number of carbonyl (C=O) groups excluding carboxylic acids is 1. The molecule has 0 aliphatic carbocycles. The molecule has 1 aliphatic heterocycles. The van der Waals surface area contributed by atoms with Crippen molar-refractivity contribution in [3.8, 4) is 0 Å². The molecule has 1 aliphatic rings. The Labute approximate surface area is 79.2 Å². The van der Waals surface area contributed by atoms with Crippen molar-refractivity contribution in [3.63, 3.8) is 0 Å². The zero-order valence-electron chi connectivity index (χ0n) is 7.11. The Morgan fingerprint density at radius 3 is 2.29 bits per heavy atom. The molecule has 0 saturated carbocycles. The summed E-state index contributed by atoms with van der Waals surface area (Å²) in [4.78, 5) is 10.4. The van der Waals surface area contributed by atoms with E-state index in [4.69, 9.17) is 10.2 Å². The molecule has 1 rings (SSSR count). The minimum atomic E-state index is -1.75. The Morgan fingerprint density at radius 2 is 1.86 bits per heavy atom. The van der Waals surface area contributed by atoms with Crippen molar-refractivity contribution >= 4 is 5.97 Å². The van der Waals surface area contributed by atoms with Gasteiger partial charge in [-0.25, -0.2) is 0 Å². The number of hydrogen-bond acceptors (Lipinski definition) is 7. The standard InChI is InChI=1S/C7H12O7/c8-1-2-3(9)5(6(11)12)14-7(13)4(2)10/h2-5,7-10,13H,1H2,(H,11,12)/p-1. The van der Waals surface area contributed by atoms with Gasteiger partial charge in [-0.3, -0.25) is 0 Å². The maximum absolute atomic E-state index is 10.4. The molecule has 0 radical (unpaired) electrons. The second-order valence-corrected chi connectivity index (χ2v) is 3.09. The smallest absolute Gasteiger partial charge is 0.182 e. The maximum Gasteiger partial charge on any atom is 0.182 e. The van der Waals surface area contributed by atoms with Crippen molar-refractivity contribution in [1.82, 2.24) is 0 Å². The molecule has 0 amide bonds. The van der Waals surface area contributed by atoms with Crippen LogP contribution in [0.2, 0.25) is 0 Å². The van der Waals surface area contributed by atoms with E-state index >= 15 is 0 Å². The molecule has 1 fully saturated rings. The zero-order chi connectivity index (χ0) is 10.9. The molecule has 5 unspecified atom stereocenters. The molecule has 0 aromatic rings. The van der Waals surface area contributed by atoms with E-state index in [-0.39, 0.29) is 0 Å². The first kappa shape index (κ1) is 11.3. The first-order chi connectivity index (χ1) is 6.49. The summed E-state index contributed by atoms with van der Waals surface area (Å²) in [7, 11) is 0. The molecule has 7 heteroatoms. The van der Waals surface area contributed by atoms with Crippen LogP contribution < -0.4 is 5.11 Å². The van der Waals surface area contributed by atoms with Crippen LogP contribution in [0.5, 0.6) is 0 Å². The van der Waals surface area contributed by atoms with E-state index in [0.29, 0.717) is 0 Å². The highest BCUT2D eigenvalue weighted by molar-refractivity contribution is 5.71. The molecule has 0 spiro atoms. The Morgan fingerprint density at radius 1 is 1.29 bits per heavy atom. The molecule has 0 aromatic heterocycles. The van der Waals surface area contributed by atoms with Gasteiger partial charge in [-0.2, -0.15) is 0 Å². The van der Waals surface area contributed by atoms with E-state index in [1.54, 1.807) is 0 Å². The van der Waals surface area contributed by atoms with Crippen LogP contribution in [0.4, 0.5) is 0 Å². The fourth-order valence-corrected chi connectivity index (χ4v) is 1.36. The normalized spacial score (nSPS) is 43.6. The van der Waals surface area contributed by atoms with Crippen LogP contribution in [0.25, 0.3) is 0 Å². The van der Waals surface area contributed by atoms with Crippen molar-refractivity contribution in [2.24, 2.45) is 5.92 Å². The predicted molar refractivity (Wildman–Crippen MR) is 38.5 cm³/mol. The van der Waals surface area contributed by atoms with Crippen LogP contribution in [-0.2, 0) is 9.53 Å². The van der Waals surface area contributed by atoms with Crippen LogP contribution in [0, 0.1) is 5.92 Å². The van der Waals surface area contributed by atoms with Gasteiger partial charge in [-0.1, -0.05) is 0 Å². The highest BCUT2D eigenvalue weighted by atomic mass is 16.6. The number of carboxylic acid groups (broad SMARTS) is 1. The predicted octanol–water partition coefficient (Wildman–Crippen LogP) is -4.22. The molecular weight excluding hydrogens is 196 g/mol. The summed E-state index contributed by atoms with van der Waals surface area (Å²) < 4.78 is 4.39. The largest absolute Gasteiger partial charge is 0.547 e. The summed E-state index contributed by atoms with van der Waals surface area (Å²) >= 11 is 0. The SMILES string of the molecule is O=C([O-])C1OC(O)C(O)C(CO)C1O. The quantitative estimate of drug-likeness (QED) is 0.361. The van der Waals surface area contributed by atoms with Gasteiger partial charge < -0.3 is 35.1 Å². The Kier molecular flexibility index (Phi) is 3.40. The van der Waals surface area contributed by atoms with E-state index < -0.39 is 43.1 Å². The first-order valence-corrected chi connectivity index (χ1v) is 4.00. The Bertz CT molecular complexity index is 218. The van der Waals surface area contributed by atoms with Gasteiger partial charge in [-0.15, -0.1) is 0 Å². The monoisotopic (exact) mass is 207 g/mol. The Hall–Kier alpha value is -0.730. The van der Waals surface area contributed by atoms with Gasteiger partial charge in [0.05, 0.1) is 18.7 Å². The van der Waals surface area contributed by atoms with E-state index in [1.165, 1.54) is 0 Å². The number of aliphatic carboxylic acids is 1. The van der Waals surface area contributed by atoms with Gasteiger partial charge in [0.15, 0.2) is 6.29 Å². The number of aliphatic hydroxyl groups is 4. The minimum Gasteiger partial charge on any atom is -0.547 e. The van der Waals surface area contributed by atoms with E-state index in [1.807, 2.05) is 0 Å². The van der Waals surface area contributed by atoms with Crippen LogP contribution in [0.15, 0.2) is 0 Å². The van der Waals surface area contributed by atoms with Crippen LogP contribution in [-0.4, -0.2) is 57.6 Å². The zero-order valence-corrected chi connectivity index (χ0v) is 7.11. The molecule has 82 valence electrons. The molecule has 0 bridgehead atoms. The molecule has 5 atom stereocenters. The lowest BCUT2D eigenvalue weighted by Crippen LogP contribution is -2.60. The fraction of sp³-hybridized carbons (Fsp3) is 0.857. The van der Waals surface area contributed by atoms with Gasteiger partial charge in [-0.05, 0) is 0 Å². The second-order valence-electron chi connectivity index (χ2n) is 3.09. The number of carboxylic acids is 1. The van der Waals surface area contributed by atoms with Crippen molar-refractivity contribution in [2.45, 2.75) is 24.6 Å². The Balaban J connectivity index is 2.80. The highest BCUT2D eigenvalue weighted by Gasteiger charge is 2.43. The average molecular weight is 207 g/mol.